The molecule has 2 rings (SSSR count). The Labute approximate surface area is 103 Å². The van der Waals surface area contributed by atoms with Crippen molar-refractivity contribution < 1.29 is 5.21 Å². The number of hydrogen-bond acceptors (Lipinski definition) is 6. The molecule has 0 radical (unpaired) electrons. The van der Waals surface area contributed by atoms with E-state index in [1.54, 1.807) is 26.8 Å². The Morgan fingerprint density at radius 2 is 2.00 bits per heavy atom. The molecule has 0 saturated heterocycles. The summed E-state index contributed by atoms with van der Waals surface area (Å²) in [5.41, 5.74) is 6.55. The van der Waals surface area contributed by atoms with E-state index in [1.807, 2.05) is 0 Å². The summed E-state index contributed by atoms with van der Waals surface area (Å²) in [6, 6.07) is 1.62. The molecule has 0 saturated carbocycles. The smallest absolute Gasteiger partial charge is 0.253 e. The summed E-state index contributed by atoms with van der Waals surface area (Å²) in [6.07, 6.45) is 0. The summed E-state index contributed by atoms with van der Waals surface area (Å²) in [6.45, 7) is 5.37. The first-order valence-corrected chi connectivity index (χ1v) is 5.25. The molecule has 0 aromatic carbocycles. The fourth-order valence-electron chi connectivity index (χ4n) is 1.54. The number of rotatable bonds is 2. The van der Waals surface area contributed by atoms with Crippen LogP contribution >= 0.6 is 0 Å². The van der Waals surface area contributed by atoms with Gasteiger partial charge in [0.2, 0.25) is 0 Å². The van der Waals surface area contributed by atoms with Crippen LogP contribution < -0.4 is 5.73 Å². The van der Waals surface area contributed by atoms with Crippen LogP contribution in [0.4, 0.5) is 0 Å². The Hall–Kier alpha value is -2.51. The lowest BCUT2D eigenvalue weighted by Gasteiger charge is -2.05. The summed E-state index contributed by atoms with van der Waals surface area (Å²) in [5.74, 6) is 1.57. The van der Waals surface area contributed by atoms with Gasteiger partial charge in [0.15, 0.2) is 5.84 Å². The molecule has 0 aliphatic rings. The maximum absolute atomic E-state index is 8.67. The second-order valence-electron chi connectivity index (χ2n) is 3.80. The highest BCUT2D eigenvalue weighted by Gasteiger charge is 2.11. The molecule has 8 nitrogen and oxygen atoms in total. The molecule has 2 aromatic heterocycles. The molecule has 2 aromatic rings. The zero-order valence-corrected chi connectivity index (χ0v) is 10.3. The lowest BCUT2D eigenvalue weighted by Crippen LogP contribution is -2.18. The first-order chi connectivity index (χ1) is 8.51. The van der Waals surface area contributed by atoms with E-state index in [1.165, 1.54) is 4.68 Å². The van der Waals surface area contributed by atoms with Crippen LogP contribution in [0.15, 0.2) is 11.2 Å². The van der Waals surface area contributed by atoms with Crippen LogP contribution in [-0.2, 0) is 0 Å². The van der Waals surface area contributed by atoms with E-state index in [9.17, 15) is 0 Å². The van der Waals surface area contributed by atoms with Crippen molar-refractivity contribution in [1.82, 2.24) is 24.7 Å². The van der Waals surface area contributed by atoms with Crippen molar-refractivity contribution in [3.05, 3.63) is 29.1 Å². The number of amidine groups is 1. The first-order valence-electron chi connectivity index (χ1n) is 5.25. The van der Waals surface area contributed by atoms with Crippen molar-refractivity contribution in [2.75, 3.05) is 0 Å². The van der Waals surface area contributed by atoms with Crippen LogP contribution in [0.3, 0.4) is 0 Å². The Balaban J connectivity index is 2.58. The lowest BCUT2D eigenvalue weighted by atomic mass is 10.3. The standard InChI is InChI=1S/C10H13N7O/c1-5-4-8(9(11)16-18)14-10(12-5)17-7(3)13-6(2)15-17/h4,18H,1-3H3,(H2,11,16). The van der Waals surface area contributed by atoms with E-state index in [4.69, 9.17) is 10.9 Å². The number of aryl methyl sites for hydroxylation is 3. The minimum Gasteiger partial charge on any atom is -0.409 e. The van der Waals surface area contributed by atoms with Crippen LogP contribution in [0.5, 0.6) is 0 Å². The fraction of sp³-hybridized carbons (Fsp3) is 0.300. The van der Waals surface area contributed by atoms with E-state index in [0.29, 0.717) is 29.0 Å². The van der Waals surface area contributed by atoms with E-state index in [2.05, 4.69) is 25.2 Å². The van der Waals surface area contributed by atoms with Gasteiger partial charge in [0.05, 0.1) is 0 Å². The predicted molar refractivity (Wildman–Crippen MR) is 63.7 cm³/mol. The third-order valence-corrected chi connectivity index (χ3v) is 2.28. The van der Waals surface area contributed by atoms with Gasteiger partial charge in [0.1, 0.15) is 17.3 Å². The van der Waals surface area contributed by atoms with Gasteiger partial charge in [-0.1, -0.05) is 5.16 Å². The van der Waals surface area contributed by atoms with E-state index in [-0.39, 0.29) is 5.84 Å². The molecule has 94 valence electrons. The second-order valence-corrected chi connectivity index (χ2v) is 3.80. The van der Waals surface area contributed by atoms with Crippen LogP contribution in [0.25, 0.3) is 5.95 Å². The number of hydrogen-bond donors (Lipinski definition) is 2. The molecule has 0 unspecified atom stereocenters. The Morgan fingerprint density at radius 1 is 1.28 bits per heavy atom. The summed E-state index contributed by atoms with van der Waals surface area (Å²) in [5, 5.41) is 15.8. The van der Waals surface area contributed by atoms with Gasteiger partial charge in [0, 0.05) is 5.69 Å². The average Bonchev–Trinajstić information content (AvgIpc) is 2.66. The maximum Gasteiger partial charge on any atom is 0.253 e. The zero-order chi connectivity index (χ0) is 13.3. The maximum atomic E-state index is 8.67. The van der Waals surface area contributed by atoms with Crippen molar-refractivity contribution >= 4 is 5.84 Å². The molecule has 8 heteroatoms. The van der Waals surface area contributed by atoms with E-state index in [0.717, 1.165) is 0 Å². The number of nitrogens with two attached hydrogens (primary N) is 1. The van der Waals surface area contributed by atoms with Crippen molar-refractivity contribution in [2.24, 2.45) is 10.9 Å². The Kier molecular flexibility index (Phi) is 2.92. The zero-order valence-electron chi connectivity index (χ0n) is 10.3. The highest BCUT2D eigenvalue weighted by molar-refractivity contribution is 5.95. The van der Waals surface area contributed by atoms with Gasteiger partial charge in [-0.3, -0.25) is 0 Å². The third-order valence-electron chi connectivity index (χ3n) is 2.28. The van der Waals surface area contributed by atoms with Gasteiger partial charge in [-0.05, 0) is 26.8 Å². The second kappa shape index (κ2) is 4.40. The SMILES string of the molecule is Cc1cc(/C(N)=N/O)nc(-n2nc(C)nc2C)n1. The monoisotopic (exact) mass is 247 g/mol. The van der Waals surface area contributed by atoms with Gasteiger partial charge >= 0.3 is 0 Å². The van der Waals surface area contributed by atoms with Gasteiger partial charge in [-0.2, -0.15) is 4.68 Å². The van der Waals surface area contributed by atoms with Gasteiger partial charge in [-0.25, -0.2) is 15.0 Å². The van der Waals surface area contributed by atoms with Crippen molar-refractivity contribution in [1.29, 1.82) is 0 Å². The van der Waals surface area contributed by atoms with Crippen LogP contribution in [0.1, 0.15) is 23.0 Å². The minimum absolute atomic E-state index is 0.0729. The molecule has 0 aliphatic carbocycles. The average molecular weight is 247 g/mol. The van der Waals surface area contributed by atoms with E-state index < -0.39 is 0 Å². The summed E-state index contributed by atoms with van der Waals surface area (Å²) in [4.78, 5) is 12.6. The van der Waals surface area contributed by atoms with Crippen molar-refractivity contribution in [3.63, 3.8) is 0 Å². The highest BCUT2D eigenvalue weighted by atomic mass is 16.4. The van der Waals surface area contributed by atoms with Gasteiger partial charge in [-0.15, -0.1) is 5.10 Å². The summed E-state index contributed by atoms with van der Waals surface area (Å²) in [7, 11) is 0. The van der Waals surface area contributed by atoms with Crippen LogP contribution in [-0.4, -0.2) is 35.8 Å². The Morgan fingerprint density at radius 3 is 2.56 bits per heavy atom. The quantitative estimate of drug-likeness (QED) is 0.336. The lowest BCUT2D eigenvalue weighted by molar-refractivity contribution is 0.318. The number of oxime groups is 1. The van der Waals surface area contributed by atoms with Gasteiger partial charge in [0.25, 0.3) is 5.95 Å². The molecule has 0 aliphatic heterocycles. The summed E-state index contributed by atoms with van der Waals surface area (Å²) >= 11 is 0. The normalized spacial score (nSPS) is 11.8. The van der Waals surface area contributed by atoms with Crippen molar-refractivity contribution in [2.45, 2.75) is 20.8 Å². The number of aromatic nitrogens is 5. The van der Waals surface area contributed by atoms with E-state index >= 15 is 0 Å². The van der Waals surface area contributed by atoms with Crippen LogP contribution in [0.2, 0.25) is 0 Å². The largest absolute Gasteiger partial charge is 0.409 e. The molecule has 0 amide bonds. The van der Waals surface area contributed by atoms with Crippen LogP contribution in [0, 0.1) is 20.8 Å². The molecule has 18 heavy (non-hydrogen) atoms. The molecular weight excluding hydrogens is 234 g/mol. The highest BCUT2D eigenvalue weighted by Crippen LogP contribution is 2.07. The molecule has 2 heterocycles. The first kappa shape index (κ1) is 12.0. The molecule has 0 spiro atoms. The minimum atomic E-state index is -0.0729. The molecule has 0 bridgehead atoms. The topological polar surface area (TPSA) is 115 Å². The van der Waals surface area contributed by atoms with Gasteiger partial charge < -0.3 is 10.9 Å². The fourth-order valence-corrected chi connectivity index (χ4v) is 1.54. The third kappa shape index (κ3) is 2.12. The van der Waals surface area contributed by atoms with Crippen molar-refractivity contribution in [3.8, 4) is 5.95 Å². The molecule has 0 atom stereocenters. The predicted octanol–water partition coefficient (Wildman–Crippen LogP) is 0.0771. The molecular formula is C10H13N7O. The molecule has 0 fully saturated rings. The summed E-state index contributed by atoms with van der Waals surface area (Å²) < 4.78 is 1.51. The molecule has 3 N–H and O–H groups in total. The Bertz CT molecular complexity index is 617. The number of nitrogens with zero attached hydrogens (tertiary/aromatic N) is 6.